The van der Waals surface area contributed by atoms with E-state index in [1.165, 1.54) is 41.9 Å². The summed E-state index contributed by atoms with van der Waals surface area (Å²) in [7, 11) is 0. The summed E-state index contributed by atoms with van der Waals surface area (Å²) in [6.45, 7) is 13.8. The summed E-state index contributed by atoms with van der Waals surface area (Å²) >= 11 is 0. The molecule has 0 unspecified atom stereocenters. The molecular formula is C21H31BrN2. The van der Waals surface area contributed by atoms with Crippen molar-refractivity contribution in [3.05, 3.63) is 66.2 Å². The Balaban J connectivity index is 0.00000288. The van der Waals surface area contributed by atoms with Crippen molar-refractivity contribution in [1.29, 1.82) is 0 Å². The van der Waals surface area contributed by atoms with E-state index >= 15 is 0 Å². The molecule has 0 spiro atoms. The molecule has 2 nitrogen and oxygen atoms in total. The number of halogens is 1. The molecule has 3 heteroatoms. The number of nitrogens with zero attached hydrogens (tertiary/aromatic N) is 2. The maximum atomic E-state index is 2.52. The smallest absolute Gasteiger partial charge is 0.0964 e. The predicted molar refractivity (Wildman–Crippen MR) is 101 cm³/mol. The average molecular weight is 391 g/mol. The normalized spacial score (nSPS) is 11.0. The molecule has 0 saturated carbocycles. The third-order valence-electron chi connectivity index (χ3n) is 5.19. The highest BCUT2D eigenvalue weighted by atomic mass is 79.9. The summed E-state index contributed by atoms with van der Waals surface area (Å²) < 4.78 is 1.19. The molecule has 0 bridgehead atoms. The van der Waals surface area contributed by atoms with Gasteiger partial charge in [0.15, 0.2) is 0 Å². The standard InChI is InChI=1S/C21H31N2.BrH/c1-4-23(5-2,6-3)18-17-22(21-15-11-8-12-16-21)19-20-13-9-7-10-14-20;/h7-16H,4-6,17-19H2,1-3H3;1H/q+1;/p-1. The maximum Gasteiger partial charge on any atom is 0.0964 e. The second kappa shape index (κ2) is 10.5. The van der Waals surface area contributed by atoms with Crippen LogP contribution < -0.4 is 21.9 Å². The fraction of sp³-hybridized carbons (Fsp3) is 0.429. The van der Waals surface area contributed by atoms with Crippen molar-refractivity contribution < 1.29 is 21.5 Å². The van der Waals surface area contributed by atoms with E-state index in [0.29, 0.717) is 0 Å². The molecule has 0 aliphatic carbocycles. The molecule has 2 aromatic carbocycles. The number of anilines is 1. The van der Waals surface area contributed by atoms with Crippen LogP contribution in [-0.2, 0) is 6.54 Å². The molecule has 2 aromatic rings. The van der Waals surface area contributed by atoms with Crippen molar-refractivity contribution in [3.63, 3.8) is 0 Å². The number of hydrogen-bond acceptors (Lipinski definition) is 1. The lowest BCUT2D eigenvalue weighted by atomic mass is 10.2. The van der Waals surface area contributed by atoms with Gasteiger partial charge in [0.25, 0.3) is 0 Å². The second-order valence-electron chi connectivity index (χ2n) is 6.26. The molecule has 0 fully saturated rings. The van der Waals surface area contributed by atoms with Gasteiger partial charge < -0.3 is 26.4 Å². The number of likely N-dealkylation sites (N-methyl/N-ethyl adjacent to an activating group) is 1. The van der Waals surface area contributed by atoms with Crippen LogP contribution >= 0.6 is 0 Å². The van der Waals surface area contributed by atoms with Crippen molar-refractivity contribution in [2.75, 3.05) is 37.6 Å². The van der Waals surface area contributed by atoms with Crippen LogP contribution in [-0.4, -0.2) is 37.2 Å². The Morgan fingerprint density at radius 1 is 0.750 bits per heavy atom. The molecule has 0 aliphatic heterocycles. The van der Waals surface area contributed by atoms with E-state index in [-0.39, 0.29) is 17.0 Å². The quantitative estimate of drug-likeness (QED) is 0.587. The first-order chi connectivity index (χ1) is 11.2. The lowest BCUT2D eigenvalue weighted by Gasteiger charge is -2.38. The van der Waals surface area contributed by atoms with Crippen LogP contribution in [0.2, 0.25) is 0 Å². The first-order valence-corrected chi connectivity index (χ1v) is 8.92. The molecule has 0 saturated heterocycles. The molecule has 0 atom stereocenters. The summed E-state index contributed by atoms with van der Waals surface area (Å²) in [6, 6.07) is 21.6. The monoisotopic (exact) mass is 390 g/mol. The molecule has 0 N–H and O–H groups in total. The second-order valence-corrected chi connectivity index (χ2v) is 6.26. The number of hydrogen-bond donors (Lipinski definition) is 0. The molecule has 0 radical (unpaired) electrons. The topological polar surface area (TPSA) is 3.24 Å². The third-order valence-corrected chi connectivity index (χ3v) is 5.19. The summed E-state index contributed by atoms with van der Waals surface area (Å²) in [5, 5.41) is 0. The Bertz CT molecular complexity index is 544. The molecule has 0 aromatic heterocycles. The summed E-state index contributed by atoms with van der Waals surface area (Å²) in [5.41, 5.74) is 2.69. The van der Waals surface area contributed by atoms with Gasteiger partial charge in [-0.2, -0.15) is 0 Å². The fourth-order valence-corrected chi connectivity index (χ4v) is 3.22. The van der Waals surface area contributed by atoms with Gasteiger partial charge in [0.1, 0.15) is 0 Å². The van der Waals surface area contributed by atoms with Crippen LogP contribution in [0.5, 0.6) is 0 Å². The highest BCUT2D eigenvalue weighted by Crippen LogP contribution is 2.18. The van der Waals surface area contributed by atoms with Crippen molar-refractivity contribution in [1.82, 2.24) is 0 Å². The SMILES string of the molecule is CC[N+](CC)(CC)CCN(Cc1ccccc1)c1ccccc1.[Br-]. The minimum absolute atomic E-state index is 0. The molecule has 24 heavy (non-hydrogen) atoms. The van der Waals surface area contributed by atoms with Crippen molar-refractivity contribution in [3.8, 4) is 0 Å². The van der Waals surface area contributed by atoms with Crippen LogP contribution in [0.25, 0.3) is 0 Å². The Morgan fingerprint density at radius 3 is 1.75 bits per heavy atom. The number of benzene rings is 2. The number of para-hydroxylation sites is 1. The zero-order valence-corrected chi connectivity index (χ0v) is 16.9. The highest BCUT2D eigenvalue weighted by Gasteiger charge is 2.22. The van der Waals surface area contributed by atoms with Crippen molar-refractivity contribution in [2.45, 2.75) is 27.3 Å². The first-order valence-electron chi connectivity index (χ1n) is 8.92. The van der Waals surface area contributed by atoms with Gasteiger partial charge in [-0.15, -0.1) is 0 Å². The summed E-state index contributed by atoms with van der Waals surface area (Å²) in [4.78, 5) is 2.52. The van der Waals surface area contributed by atoms with Gasteiger partial charge in [-0.05, 0) is 38.5 Å². The lowest BCUT2D eigenvalue weighted by Crippen LogP contribution is -3.00. The van der Waals surface area contributed by atoms with Crippen LogP contribution in [0.3, 0.4) is 0 Å². The van der Waals surface area contributed by atoms with Gasteiger partial charge in [0.2, 0.25) is 0 Å². The average Bonchev–Trinajstić information content (AvgIpc) is 2.64. The summed E-state index contributed by atoms with van der Waals surface area (Å²) in [5.74, 6) is 0. The number of quaternary nitrogens is 1. The van der Waals surface area contributed by atoms with E-state index in [9.17, 15) is 0 Å². The fourth-order valence-electron chi connectivity index (χ4n) is 3.22. The zero-order valence-electron chi connectivity index (χ0n) is 15.3. The third kappa shape index (κ3) is 5.64. The van der Waals surface area contributed by atoms with E-state index in [1.54, 1.807) is 0 Å². The Kier molecular flexibility index (Phi) is 9.09. The van der Waals surface area contributed by atoms with Crippen molar-refractivity contribution in [2.24, 2.45) is 0 Å². The van der Waals surface area contributed by atoms with Gasteiger partial charge in [-0.3, -0.25) is 0 Å². The van der Waals surface area contributed by atoms with Gasteiger partial charge >= 0.3 is 0 Å². The minimum Gasteiger partial charge on any atom is -1.00 e. The van der Waals surface area contributed by atoms with E-state index in [0.717, 1.165) is 13.1 Å². The van der Waals surface area contributed by atoms with Gasteiger partial charge in [-0.25, -0.2) is 0 Å². The van der Waals surface area contributed by atoms with Crippen LogP contribution in [0.1, 0.15) is 26.3 Å². The largest absolute Gasteiger partial charge is 1.00 e. The molecular weight excluding hydrogens is 360 g/mol. The minimum atomic E-state index is 0. The van der Waals surface area contributed by atoms with Crippen LogP contribution in [0.15, 0.2) is 60.7 Å². The first kappa shape index (κ1) is 20.7. The predicted octanol–water partition coefficient (Wildman–Crippen LogP) is 1.57. The van der Waals surface area contributed by atoms with Gasteiger partial charge in [-0.1, -0.05) is 48.5 Å². The van der Waals surface area contributed by atoms with Gasteiger partial charge in [0, 0.05) is 12.2 Å². The molecule has 0 amide bonds. The molecule has 2 rings (SSSR count). The van der Waals surface area contributed by atoms with Crippen LogP contribution in [0, 0.1) is 0 Å². The highest BCUT2D eigenvalue weighted by molar-refractivity contribution is 5.46. The molecule has 0 heterocycles. The van der Waals surface area contributed by atoms with E-state index < -0.39 is 0 Å². The lowest BCUT2D eigenvalue weighted by molar-refractivity contribution is -0.921. The van der Waals surface area contributed by atoms with Crippen LogP contribution in [0.4, 0.5) is 5.69 Å². The van der Waals surface area contributed by atoms with E-state index in [1.807, 2.05) is 0 Å². The Hall–Kier alpha value is -1.32. The zero-order chi connectivity index (χ0) is 16.5. The maximum absolute atomic E-state index is 2.52. The van der Waals surface area contributed by atoms with Gasteiger partial charge in [0.05, 0.1) is 32.7 Å². The molecule has 132 valence electrons. The van der Waals surface area contributed by atoms with E-state index in [4.69, 9.17) is 0 Å². The van der Waals surface area contributed by atoms with E-state index in [2.05, 4.69) is 86.3 Å². The Labute approximate surface area is 158 Å². The number of rotatable bonds is 9. The molecule has 0 aliphatic rings. The van der Waals surface area contributed by atoms with Crippen molar-refractivity contribution >= 4 is 5.69 Å². The Morgan fingerprint density at radius 2 is 1.25 bits per heavy atom. The summed E-state index contributed by atoms with van der Waals surface area (Å²) in [6.07, 6.45) is 0.